The third kappa shape index (κ3) is 2.15. The van der Waals surface area contributed by atoms with Gasteiger partial charge in [-0.3, -0.25) is 14.3 Å². The van der Waals surface area contributed by atoms with Gasteiger partial charge in [0.1, 0.15) is 6.10 Å². The zero-order valence-electron chi connectivity index (χ0n) is 9.43. The van der Waals surface area contributed by atoms with Crippen molar-refractivity contribution in [3.63, 3.8) is 0 Å². The highest BCUT2D eigenvalue weighted by atomic mass is 16.3. The van der Waals surface area contributed by atoms with E-state index in [0.717, 1.165) is 10.6 Å². The predicted molar refractivity (Wildman–Crippen MR) is 62.1 cm³/mol. The summed E-state index contributed by atoms with van der Waals surface area (Å²) < 4.78 is 1.12. The number of aromatic amines is 1. The maximum atomic E-state index is 11.6. The van der Waals surface area contributed by atoms with Crippen LogP contribution in [0.25, 0.3) is 0 Å². The highest BCUT2D eigenvalue weighted by molar-refractivity contribution is 5.09. The lowest BCUT2D eigenvalue weighted by molar-refractivity contribution is -0.0427. The van der Waals surface area contributed by atoms with Gasteiger partial charge in [-0.25, -0.2) is 4.79 Å². The molecule has 7 nitrogen and oxygen atoms in total. The second-order valence-corrected chi connectivity index (χ2v) is 4.22. The fourth-order valence-electron chi connectivity index (χ4n) is 2.03. The lowest BCUT2D eigenvalue weighted by atomic mass is 9.87. The molecular formula is C11H14N2O5. The Morgan fingerprint density at radius 2 is 1.94 bits per heavy atom. The lowest BCUT2D eigenvalue weighted by Crippen LogP contribution is -2.46. The first-order valence-electron chi connectivity index (χ1n) is 5.51. The molecule has 1 heterocycles. The number of rotatable bonds is 2. The van der Waals surface area contributed by atoms with Crippen LogP contribution in [0.5, 0.6) is 0 Å². The second-order valence-electron chi connectivity index (χ2n) is 4.22. The molecule has 0 spiro atoms. The molecule has 4 N–H and O–H groups in total. The number of aromatic nitrogens is 2. The minimum Gasteiger partial charge on any atom is -0.396 e. The van der Waals surface area contributed by atoms with Crippen LogP contribution < -0.4 is 11.2 Å². The molecule has 0 aliphatic heterocycles. The first-order valence-corrected chi connectivity index (χ1v) is 5.51. The van der Waals surface area contributed by atoms with Gasteiger partial charge in [-0.15, -0.1) is 0 Å². The molecule has 0 radical (unpaired) electrons. The van der Waals surface area contributed by atoms with Crippen LogP contribution in [0.1, 0.15) is 6.04 Å². The summed E-state index contributed by atoms with van der Waals surface area (Å²) in [4.78, 5) is 24.6. The van der Waals surface area contributed by atoms with Gasteiger partial charge in [0.25, 0.3) is 5.56 Å². The van der Waals surface area contributed by atoms with Crippen LogP contribution in [0.2, 0.25) is 0 Å². The van der Waals surface area contributed by atoms with E-state index in [1.165, 1.54) is 12.3 Å². The van der Waals surface area contributed by atoms with Gasteiger partial charge in [0.05, 0.1) is 18.8 Å². The standard InChI is InChI=1S/C11H14N2O5/c14-5-6-1-2-7(10(17)9(6)16)13-4-3-8(15)12-11(13)18/h1-4,6-7,9-10,14,16-17H,5H2,(H,12,15,18)/t6-,7-,9-,10+/m1/s1. The molecule has 0 aromatic carbocycles. The van der Waals surface area contributed by atoms with Crippen molar-refractivity contribution in [1.82, 2.24) is 9.55 Å². The van der Waals surface area contributed by atoms with E-state index in [2.05, 4.69) is 4.98 Å². The number of hydrogen-bond acceptors (Lipinski definition) is 5. The van der Waals surface area contributed by atoms with Gasteiger partial charge in [0.15, 0.2) is 0 Å². The molecule has 1 aromatic rings. The number of H-pyrrole nitrogens is 1. The predicted octanol–water partition coefficient (Wildman–Crippen LogP) is -2.02. The maximum Gasteiger partial charge on any atom is 0.328 e. The van der Waals surface area contributed by atoms with Crippen LogP contribution in [0.4, 0.5) is 0 Å². The van der Waals surface area contributed by atoms with Crippen molar-refractivity contribution in [3.05, 3.63) is 45.3 Å². The van der Waals surface area contributed by atoms with Gasteiger partial charge in [-0.1, -0.05) is 12.2 Å². The summed E-state index contributed by atoms with van der Waals surface area (Å²) in [5, 5.41) is 28.7. The zero-order chi connectivity index (χ0) is 13.3. The van der Waals surface area contributed by atoms with Gasteiger partial charge in [-0.05, 0) is 0 Å². The molecule has 0 fully saturated rings. The molecule has 0 saturated heterocycles. The van der Waals surface area contributed by atoms with E-state index < -0.39 is 35.4 Å². The Kier molecular flexibility index (Phi) is 3.46. The fraction of sp³-hybridized carbons (Fsp3) is 0.455. The number of aliphatic hydroxyl groups is 3. The molecule has 1 aliphatic carbocycles. The van der Waals surface area contributed by atoms with Crippen LogP contribution >= 0.6 is 0 Å². The summed E-state index contributed by atoms with van der Waals surface area (Å²) in [7, 11) is 0. The SMILES string of the molecule is O=c1ccn([C@@H]2C=C[C@H](CO)[C@@H](O)[C@H]2O)c(=O)[nH]1. The summed E-state index contributed by atoms with van der Waals surface area (Å²) in [6.07, 6.45) is 1.93. The minimum atomic E-state index is -1.23. The number of nitrogens with one attached hydrogen (secondary N) is 1. The molecule has 2 rings (SSSR count). The molecule has 98 valence electrons. The summed E-state index contributed by atoms with van der Waals surface area (Å²) in [5.41, 5.74) is -1.19. The average Bonchev–Trinajstić information content (AvgIpc) is 2.34. The molecule has 1 aromatic heterocycles. The number of nitrogens with zero attached hydrogens (tertiary/aromatic N) is 1. The normalized spacial score (nSPS) is 31.5. The average molecular weight is 254 g/mol. The molecule has 18 heavy (non-hydrogen) atoms. The Hall–Kier alpha value is -1.70. The smallest absolute Gasteiger partial charge is 0.328 e. The van der Waals surface area contributed by atoms with E-state index in [9.17, 15) is 19.8 Å². The highest BCUT2D eigenvalue weighted by Crippen LogP contribution is 2.25. The molecule has 0 saturated carbocycles. The van der Waals surface area contributed by atoms with Crippen LogP contribution in [-0.4, -0.2) is 43.7 Å². The monoisotopic (exact) mass is 254 g/mol. The molecule has 4 atom stereocenters. The van der Waals surface area contributed by atoms with E-state index in [1.807, 2.05) is 0 Å². The first-order chi connectivity index (χ1) is 8.54. The molecule has 7 heteroatoms. The van der Waals surface area contributed by atoms with Gasteiger partial charge < -0.3 is 15.3 Å². The summed E-state index contributed by atoms with van der Waals surface area (Å²) >= 11 is 0. The van der Waals surface area contributed by atoms with Crippen molar-refractivity contribution in [2.45, 2.75) is 18.2 Å². The number of hydrogen-bond donors (Lipinski definition) is 4. The Morgan fingerprint density at radius 3 is 2.56 bits per heavy atom. The summed E-state index contributed by atoms with van der Waals surface area (Å²) in [6, 6.07) is 0.388. The second kappa shape index (κ2) is 4.89. The van der Waals surface area contributed by atoms with Gasteiger partial charge in [0.2, 0.25) is 0 Å². The molecule has 0 bridgehead atoms. The van der Waals surface area contributed by atoms with Gasteiger partial charge >= 0.3 is 5.69 Å². The summed E-state index contributed by atoms with van der Waals surface area (Å²) in [6.45, 7) is -0.290. The van der Waals surface area contributed by atoms with Crippen molar-refractivity contribution in [1.29, 1.82) is 0 Å². The van der Waals surface area contributed by atoms with Gasteiger partial charge in [-0.2, -0.15) is 0 Å². The minimum absolute atomic E-state index is 0.290. The number of aliphatic hydroxyl groups excluding tert-OH is 3. The van der Waals surface area contributed by atoms with Crippen molar-refractivity contribution < 1.29 is 15.3 Å². The molecular weight excluding hydrogens is 240 g/mol. The van der Waals surface area contributed by atoms with E-state index in [-0.39, 0.29) is 6.61 Å². The largest absolute Gasteiger partial charge is 0.396 e. The van der Waals surface area contributed by atoms with Crippen molar-refractivity contribution in [2.75, 3.05) is 6.61 Å². The van der Waals surface area contributed by atoms with E-state index >= 15 is 0 Å². The zero-order valence-corrected chi connectivity index (χ0v) is 9.43. The van der Waals surface area contributed by atoms with Gasteiger partial charge in [0, 0.05) is 18.2 Å². The maximum absolute atomic E-state index is 11.6. The van der Waals surface area contributed by atoms with Crippen LogP contribution in [0.3, 0.4) is 0 Å². The van der Waals surface area contributed by atoms with Crippen LogP contribution in [-0.2, 0) is 0 Å². The lowest BCUT2D eigenvalue weighted by Gasteiger charge is -2.33. The Bertz CT molecular complexity index is 561. The van der Waals surface area contributed by atoms with Crippen molar-refractivity contribution in [3.8, 4) is 0 Å². The van der Waals surface area contributed by atoms with E-state index in [1.54, 1.807) is 6.08 Å². The first kappa shape index (κ1) is 12.7. The fourth-order valence-corrected chi connectivity index (χ4v) is 2.03. The summed E-state index contributed by atoms with van der Waals surface area (Å²) in [5.74, 6) is -0.560. The third-order valence-electron chi connectivity index (χ3n) is 3.08. The molecule has 0 amide bonds. The molecule has 1 aliphatic rings. The Balaban J connectivity index is 2.40. The van der Waals surface area contributed by atoms with Crippen molar-refractivity contribution in [2.24, 2.45) is 5.92 Å². The third-order valence-corrected chi connectivity index (χ3v) is 3.08. The van der Waals surface area contributed by atoms with Crippen molar-refractivity contribution >= 4 is 0 Å². The van der Waals surface area contributed by atoms with Crippen LogP contribution in [0, 0.1) is 5.92 Å². The topological polar surface area (TPSA) is 116 Å². The van der Waals surface area contributed by atoms with E-state index in [4.69, 9.17) is 5.11 Å². The quantitative estimate of drug-likeness (QED) is 0.455. The Morgan fingerprint density at radius 1 is 1.22 bits per heavy atom. The molecule has 0 unspecified atom stereocenters. The highest BCUT2D eigenvalue weighted by Gasteiger charge is 2.34. The Labute approximate surface area is 102 Å². The van der Waals surface area contributed by atoms with Crippen LogP contribution in [0.15, 0.2) is 34.0 Å². The van der Waals surface area contributed by atoms with E-state index in [0.29, 0.717) is 0 Å².